The van der Waals surface area contributed by atoms with E-state index in [1.54, 1.807) is 21.7 Å². The highest BCUT2D eigenvalue weighted by atomic mass is 35.5. The summed E-state index contributed by atoms with van der Waals surface area (Å²) in [4.78, 5) is 17.9. The SMILES string of the molecule is O=C(O)N1C[C@@H]2[C@@H](Oc3ccc(Cl)c4ccccc34)CC[C@@H]2C1Cc1cscn1. The van der Waals surface area contributed by atoms with E-state index in [0.29, 0.717) is 23.9 Å². The van der Waals surface area contributed by atoms with Crippen LogP contribution < -0.4 is 4.74 Å². The van der Waals surface area contributed by atoms with Gasteiger partial charge in [-0.05, 0) is 30.9 Å². The van der Waals surface area contributed by atoms with Crippen molar-refractivity contribution >= 4 is 39.8 Å². The number of aromatic nitrogens is 1. The number of ether oxygens (including phenoxy) is 1. The first-order chi connectivity index (χ1) is 14.1. The van der Waals surface area contributed by atoms with Crippen LogP contribution in [-0.2, 0) is 6.42 Å². The fourth-order valence-electron chi connectivity index (χ4n) is 5.07. The largest absolute Gasteiger partial charge is 0.489 e. The van der Waals surface area contributed by atoms with Crippen molar-refractivity contribution in [2.24, 2.45) is 11.8 Å². The summed E-state index contributed by atoms with van der Waals surface area (Å²) in [5, 5.41) is 14.5. The Labute approximate surface area is 177 Å². The van der Waals surface area contributed by atoms with Crippen LogP contribution in [0.2, 0.25) is 5.02 Å². The molecule has 1 amide bonds. The summed E-state index contributed by atoms with van der Waals surface area (Å²) in [5.74, 6) is 1.32. The van der Waals surface area contributed by atoms with Gasteiger partial charge in [0.25, 0.3) is 0 Å². The molecule has 4 atom stereocenters. The molecule has 1 N–H and O–H groups in total. The lowest BCUT2D eigenvalue weighted by Gasteiger charge is -2.24. The van der Waals surface area contributed by atoms with Gasteiger partial charge in [0.1, 0.15) is 11.9 Å². The van der Waals surface area contributed by atoms with Gasteiger partial charge in [0, 0.05) is 46.1 Å². The minimum Gasteiger partial charge on any atom is -0.489 e. The van der Waals surface area contributed by atoms with Crippen molar-refractivity contribution in [1.82, 2.24) is 9.88 Å². The summed E-state index contributed by atoms with van der Waals surface area (Å²) in [6, 6.07) is 11.7. The molecule has 1 unspecified atom stereocenters. The minimum absolute atomic E-state index is 0.00636. The molecule has 1 aliphatic heterocycles. The standard InChI is InChI=1S/C22H21ClN2O3S/c23-18-6-8-20(16-4-2-1-3-14(16)18)28-21-7-5-15-17(21)10-25(22(26)27)19(15)9-13-11-29-12-24-13/h1-4,6,8,11-12,15,17,19,21H,5,7,9-10H2,(H,26,27)/t15-,17-,19?,21-/m0/s1. The monoisotopic (exact) mass is 428 g/mol. The quantitative estimate of drug-likeness (QED) is 0.610. The van der Waals surface area contributed by atoms with Gasteiger partial charge in [0.05, 0.1) is 11.2 Å². The zero-order valence-electron chi connectivity index (χ0n) is 15.7. The molecule has 2 aromatic carbocycles. The van der Waals surface area contributed by atoms with Crippen LogP contribution in [0, 0.1) is 11.8 Å². The topological polar surface area (TPSA) is 62.7 Å². The van der Waals surface area contributed by atoms with E-state index in [-0.39, 0.29) is 18.1 Å². The average Bonchev–Trinajstić information content (AvgIpc) is 3.44. The summed E-state index contributed by atoms with van der Waals surface area (Å²) in [6.07, 6.45) is 1.74. The van der Waals surface area contributed by atoms with Crippen LogP contribution in [0.1, 0.15) is 18.5 Å². The van der Waals surface area contributed by atoms with Crippen LogP contribution >= 0.6 is 22.9 Å². The van der Waals surface area contributed by atoms with Gasteiger partial charge >= 0.3 is 6.09 Å². The molecular formula is C22H21ClN2O3S. The van der Waals surface area contributed by atoms with Gasteiger partial charge in [-0.15, -0.1) is 11.3 Å². The maximum Gasteiger partial charge on any atom is 0.407 e. The molecule has 2 aliphatic rings. The van der Waals surface area contributed by atoms with Gasteiger partial charge in [-0.2, -0.15) is 0 Å². The van der Waals surface area contributed by atoms with E-state index in [1.165, 1.54) is 0 Å². The van der Waals surface area contributed by atoms with Crippen molar-refractivity contribution in [3.63, 3.8) is 0 Å². The van der Waals surface area contributed by atoms with E-state index in [2.05, 4.69) is 4.98 Å². The molecule has 1 saturated heterocycles. The van der Waals surface area contributed by atoms with Crippen molar-refractivity contribution in [3.05, 3.63) is 58.0 Å². The third kappa shape index (κ3) is 3.34. The van der Waals surface area contributed by atoms with Crippen molar-refractivity contribution in [2.45, 2.75) is 31.4 Å². The lowest BCUT2D eigenvalue weighted by Crippen LogP contribution is -2.38. The highest BCUT2D eigenvalue weighted by molar-refractivity contribution is 7.07. The Kier molecular flexibility index (Phi) is 4.84. The summed E-state index contributed by atoms with van der Waals surface area (Å²) >= 11 is 7.89. The molecule has 1 aliphatic carbocycles. The number of hydrogen-bond donors (Lipinski definition) is 1. The van der Waals surface area contributed by atoms with Crippen molar-refractivity contribution < 1.29 is 14.6 Å². The number of halogens is 1. The third-order valence-corrected chi connectivity index (χ3v) is 7.34. The maximum atomic E-state index is 11.9. The molecule has 150 valence electrons. The molecular weight excluding hydrogens is 408 g/mol. The lowest BCUT2D eigenvalue weighted by molar-refractivity contribution is 0.125. The Morgan fingerprint density at radius 1 is 1.21 bits per heavy atom. The molecule has 0 bridgehead atoms. The number of benzene rings is 2. The number of thiazole rings is 1. The first-order valence-corrected chi connectivity index (χ1v) is 11.1. The summed E-state index contributed by atoms with van der Waals surface area (Å²) < 4.78 is 6.48. The molecule has 5 rings (SSSR count). The van der Waals surface area contributed by atoms with E-state index < -0.39 is 6.09 Å². The number of carboxylic acid groups (broad SMARTS) is 1. The smallest absolute Gasteiger partial charge is 0.407 e. The van der Waals surface area contributed by atoms with Gasteiger partial charge in [-0.3, -0.25) is 0 Å². The fraction of sp³-hybridized carbons (Fsp3) is 0.364. The Hall–Kier alpha value is -2.31. The Morgan fingerprint density at radius 3 is 2.79 bits per heavy atom. The molecule has 1 saturated carbocycles. The highest BCUT2D eigenvalue weighted by Gasteiger charge is 2.51. The molecule has 2 fully saturated rings. The second-order valence-electron chi connectivity index (χ2n) is 7.84. The van der Waals surface area contributed by atoms with Crippen molar-refractivity contribution in [2.75, 3.05) is 6.54 Å². The third-order valence-electron chi connectivity index (χ3n) is 6.37. The van der Waals surface area contributed by atoms with E-state index in [4.69, 9.17) is 16.3 Å². The maximum absolute atomic E-state index is 11.9. The molecule has 1 aromatic heterocycles. The summed E-state index contributed by atoms with van der Waals surface area (Å²) in [6.45, 7) is 0.519. The van der Waals surface area contributed by atoms with E-state index in [1.807, 2.05) is 41.8 Å². The van der Waals surface area contributed by atoms with Gasteiger partial charge in [-0.1, -0.05) is 35.9 Å². The van der Waals surface area contributed by atoms with Crippen molar-refractivity contribution in [1.29, 1.82) is 0 Å². The number of nitrogens with zero attached hydrogens (tertiary/aromatic N) is 2. The Bertz CT molecular complexity index is 1040. The van der Waals surface area contributed by atoms with Gasteiger partial charge < -0.3 is 14.7 Å². The molecule has 29 heavy (non-hydrogen) atoms. The molecule has 7 heteroatoms. The molecule has 5 nitrogen and oxygen atoms in total. The van der Waals surface area contributed by atoms with E-state index in [9.17, 15) is 9.90 Å². The molecule has 0 spiro atoms. The van der Waals surface area contributed by atoms with E-state index in [0.717, 1.165) is 35.1 Å². The Morgan fingerprint density at radius 2 is 2.03 bits per heavy atom. The van der Waals surface area contributed by atoms with Gasteiger partial charge in [0.2, 0.25) is 0 Å². The average molecular weight is 429 g/mol. The predicted octanol–water partition coefficient (Wildman–Crippen LogP) is 5.33. The highest BCUT2D eigenvalue weighted by Crippen LogP contribution is 2.45. The number of amides is 1. The second kappa shape index (κ2) is 7.50. The van der Waals surface area contributed by atoms with Crippen LogP contribution in [0.3, 0.4) is 0 Å². The zero-order valence-corrected chi connectivity index (χ0v) is 17.3. The normalized spacial score (nSPS) is 26.0. The second-order valence-corrected chi connectivity index (χ2v) is 8.96. The van der Waals surface area contributed by atoms with Crippen LogP contribution in [0.15, 0.2) is 47.3 Å². The first-order valence-electron chi connectivity index (χ1n) is 9.82. The Balaban J connectivity index is 1.40. The molecule has 2 heterocycles. The number of hydrogen-bond acceptors (Lipinski definition) is 4. The summed E-state index contributed by atoms with van der Waals surface area (Å²) in [7, 11) is 0. The van der Waals surface area contributed by atoms with Crippen LogP contribution in [-0.4, -0.2) is 39.8 Å². The minimum atomic E-state index is -0.852. The first kappa shape index (κ1) is 18.7. The van der Waals surface area contributed by atoms with Crippen molar-refractivity contribution in [3.8, 4) is 5.75 Å². The predicted molar refractivity (Wildman–Crippen MR) is 114 cm³/mol. The fourth-order valence-corrected chi connectivity index (χ4v) is 5.86. The van der Waals surface area contributed by atoms with Crippen LogP contribution in [0.25, 0.3) is 10.8 Å². The summed E-state index contributed by atoms with van der Waals surface area (Å²) in [5.41, 5.74) is 2.78. The zero-order chi connectivity index (χ0) is 20.0. The molecule has 3 aromatic rings. The van der Waals surface area contributed by atoms with Crippen LogP contribution in [0.4, 0.5) is 4.79 Å². The van der Waals surface area contributed by atoms with Gasteiger partial charge in [0.15, 0.2) is 0 Å². The number of carbonyl (C=O) groups is 1. The number of rotatable bonds is 4. The molecule has 0 radical (unpaired) electrons. The van der Waals surface area contributed by atoms with Crippen LogP contribution in [0.5, 0.6) is 5.75 Å². The van der Waals surface area contributed by atoms with E-state index >= 15 is 0 Å². The lowest BCUT2D eigenvalue weighted by atomic mass is 9.91. The van der Waals surface area contributed by atoms with Gasteiger partial charge in [-0.25, -0.2) is 9.78 Å². The number of likely N-dealkylation sites (tertiary alicyclic amines) is 1. The number of fused-ring (bicyclic) bond motifs is 2.